The molecule has 1 aromatic carbocycles. The molecule has 4 amide bonds. The van der Waals surface area contributed by atoms with Crippen LogP contribution >= 0.6 is 0 Å². The minimum atomic E-state index is -1.37. The van der Waals surface area contributed by atoms with E-state index in [4.69, 9.17) is 0 Å². The number of alkyl halides is 1. The van der Waals surface area contributed by atoms with Crippen LogP contribution in [0.5, 0.6) is 0 Å². The molecule has 0 unspecified atom stereocenters. The van der Waals surface area contributed by atoms with Gasteiger partial charge in [-0.2, -0.15) is 4.39 Å². The number of urea groups is 1. The van der Waals surface area contributed by atoms with Crippen molar-refractivity contribution in [3.63, 3.8) is 0 Å². The molecule has 3 N–H and O–H groups in total. The Morgan fingerprint density at radius 3 is 2.53 bits per heavy atom. The quantitative estimate of drug-likeness (QED) is 0.539. The number of nitrogens with zero attached hydrogens (tertiary/aromatic N) is 2. The molecular formula is C24H27F2N5O3. The molecular weight excluding hydrogens is 444 g/mol. The summed E-state index contributed by atoms with van der Waals surface area (Å²) in [5.41, 5.74) is 1.56. The van der Waals surface area contributed by atoms with Crippen LogP contribution in [-0.4, -0.2) is 60.1 Å². The average molecular weight is 472 g/mol. The van der Waals surface area contributed by atoms with Gasteiger partial charge in [-0.1, -0.05) is 36.4 Å². The molecule has 34 heavy (non-hydrogen) atoms. The Bertz CT molecular complexity index is 1060. The van der Waals surface area contributed by atoms with Gasteiger partial charge in [-0.25, -0.2) is 14.2 Å². The first-order chi connectivity index (χ1) is 16.4. The maximum atomic E-state index is 14.7. The Labute approximate surface area is 196 Å². The van der Waals surface area contributed by atoms with Gasteiger partial charge >= 0.3 is 6.03 Å². The van der Waals surface area contributed by atoms with Crippen molar-refractivity contribution in [2.75, 3.05) is 20.1 Å². The number of carbonyl (C=O) groups excluding carboxylic acids is 3. The first-order valence-corrected chi connectivity index (χ1v) is 11.3. The van der Waals surface area contributed by atoms with Crippen molar-refractivity contribution in [2.45, 2.75) is 43.4 Å². The van der Waals surface area contributed by atoms with Crippen LogP contribution in [0.4, 0.5) is 13.6 Å². The number of rotatable bonds is 7. The van der Waals surface area contributed by atoms with Gasteiger partial charge in [0.05, 0.1) is 24.8 Å². The normalized spacial score (nSPS) is 20.5. The Morgan fingerprint density at radius 1 is 1.15 bits per heavy atom. The molecule has 4 rings (SSSR count). The summed E-state index contributed by atoms with van der Waals surface area (Å²) in [4.78, 5) is 42.5. The van der Waals surface area contributed by atoms with Gasteiger partial charge in [0.2, 0.25) is 17.8 Å². The van der Waals surface area contributed by atoms with Gasteiger partial charge in [0, 0.05) is 19.0 Å². The minimum Gasteiger partial charge on any atom is -0.342 e. The van der Waals surface area contributed by atoms with Crippen LogP contribution in [0.3, 0.4) is 0 Å². The van der Waals surface area contributed by atoms with E-state index in [-0.39, 0.29) is 25.4 Å². The lowest BCUT2D eigenvalue weighted by Crippen LogP contribution is -2.50. The molecule has 0 bridgehead atoms. The minimum absolute atomic E-state index is 0.165. The molecule has 0 spiro atoms. The van der Waals surface area contributed by atoms with Gasteiger partial charge in [0.1, 0.15) is 12.2 Å². The third-order valence-corrected chi connectivity index (χ3v) is 6.13. The molecule has 180 valence electrons. The van der Waals surface area contributed by atoms with Crippen molar-refractivity contribution in [2.24, 2.45) is 0 Å². The van der Waals surface area contributed by atoms with Crippen LogP contribution < -0.4 is 16.0 Å². The number of pyridine rings is 1. The summed E-state index contributed by atoms with van der Waals surface area (Å²) in [5.74, 6) is -1.51. The van der Waals surface area contributed by atoms with Crippen LogP contribution in [0.15, 0.2) is 42.5 Å². The molecule has 1 aliphatic carbocycles. The van der Waals surface area contributed by atoms with Gasteiger partial charge in [-0.3, -0.25) is 9.59 Å². The molecule has 8 nitrogen and oxygen atoms in total. The number of aromatic nitrogens is 1. The second-order valence-corrected chi connectivity index (χ2v) is 8.57. The standard InChI is InChI=1S/C24H27F2N5O3/c1-27-24(34)28-12-20(32)31-13-16(25)11-19(31)23(33)30-21(15-5-3-2-4-6-15)18-10-9-17(14-7-8-14)22(26)29-18/h2-6,9-10,14,16,19,21H,7-8,11-13H2,1H3,(H,30,33)(H2,27,28,34)/t16-,19+,21+/m1/s1. The van der Waals surface area contributed by atoms with Gasteiger partial charge in [-0.05, 0) is 30.4 Å². The van der Waals surface area contributed by atoms with E-state index in [1.807, 2.05) is 6.07 Å². The van der Waals surface area contributed by atoms with Gasteiger partial charge < -0.3 is 20.9 Å². The molecule has 1 saturated heterocycles. The van der Waals surface area contributed by atoms with Crippen LogP contribution in [0.2, 0.25) is 0 Å². The monoisotopic (exact) mass is 471 g/mol. The van der Waals surface area contributed by atoms with E-state index in [0.717, 1.165) is 17.7 Å². The number of nitrogens with one attached hydrogen (secondary N) is 3. The zero-order valence-electron chi connectivity index (χ0n) is 18.8. The molecule has 2 fully saturated rings. The number of hydrogen-bond acceptors (Lipinski definition) is 4. The van der Waals surface area contributed by atoms with E-state index < -0.39 is 42.0 Å². The van der Waals surface area contributed by atoms with E-state index in [1.165, 1.54) is 7.05 Å². The lowest BCUT2D eigenvalue weighted by atomic mass is 10.0. The van der Waals surface area contributed by atoms with Crippen molar-refractivity contribution in [3.05, 3.63) is 65.2 Å². The molecule has 2 aromatic rings. The summed E-state index contributed by atoms with van der Waals surface area (Å²) in [5, 5.41) is 7.51. The third kappa shape index (κ3) is 5.32. The average Bonchev–Trinajstić information content (AvgIpc) is 3.61. The second kappa shape index (κ2) is 10.1. The topological polar surface area (TPSA) is 103 Å². The van der Waals surface area contributed by atoms with Gasteiger partial charge in [0.25, 0.3) is 0 Å². The van der Waals surface area contributed by atoms with Crippen LogP contribution in [0.25, 0.3) is 0 Å². The molecule has 1 aromatic heterocycles. The molecule has 2 heterocycles. The molecule has 1 saturated carbocycles. The molecule has 2 aliphatic rings. The highest BCUT2D eigenvalue weighted by molar-refractivity contribution is 5.91. The van der Waals surface area contributed by atoms with Gasteiger partial charge in [-0.15, -0.1) is 0 Å². The largest absolute Gasteiger partial charge is 0.342 e. The Balaban J connectivity index is 1.54. The number of hydrogen-bond donors (Lipinski definition) is 3. The molecule has 10 heteroatoms. The smallest absolute Gasteiger partial charge is 0.314 e. The fourth-order valence-electron chi connectivity index (χ4n) is 4.19. The summed E-state index contributed by atoms with van der Waals surface area (Å²) < 4.78 is 28.9. The lowest BCUT2D eigenvalue weighted by molar-refractivity contribution is -0.137. The maximum Gasteiger partial charge on any atom is 0.314 e. The van der Waals surface area contributed by atoms with Crippen molar-refractivity contribution in [1.82, 2.24) is 25.8 Å². The SMILES string of the molecule is CNC(=O)NCC(=O)N1C[C@H](F)C[C@H]1C(=O)N[C@@H](c1ccccc1)c1ccc(C2CC2)c(F)n1. The summed E-state index contributed by atoms with van der Waals surface area (Å²) in [6.07, 6.45) is 0.327. The van der Waals surface area contributed by atoms with Gasteiger partial charge in [0.15, 0.2) is 0 Å². The highest BCUT2D eigenvalue weighted by Gasteiger charge is 2.40. The lowest BCUT2D eigenvalue weighted by Gasteiger charge is -2.26. The number of amides is 4. The van der Waals surface area contributed by atoms with Crippen LogP contribution in [-0.2, 0) is 9.59 Å². The zero-order valence-corrected chi connectivity index (χ0v) is 18.8. The fraction of sp³-hybridized carbons (Fsp3) is 0.417. The second-order valence-electron chi connectivity index (χ2n) is 8.57. The molecule has 3 atom stereocenters. The van der Waals surface area contributed by atoms with E-state index in [1.54, 1.807) is 36.4 Å². The zero-order chi connectivity index (χ0) is 24.2. The van der Waals surface area contributed by atoms with Crippen LogP contribution in [0.1, 0.15) is 48.0 Å². The third-order valence-electron chi connectivity index (χ3n) is 6.13. The number of likely N-dealkylation sites (tertiary alicyclic amines) is 1. The molecule has 0 radical (unpaired) electrons. The van der Waals surface area contributed by atoms with Crippen LogP contribution in [0, 0.1) is 5.95 Å². The number of halogens is 2. The first-order valence-electron chi connectivity index (χ1n) is 11.3. The van der Waals surface area contributed by atoms with Crippen molar-refractivity contribution >= 4 is 17.8 Å². The summed E-state index contributed by atoms with van der Waals surface area (Å²) in [6, 6.07) is 9.95. The Kier molecular flexibility index (Phi) is 7.04. The van der Waals surface area contributed by atoms with Crippen molar-refractivity contribution < 1.29 is 23.2 Å². The summed E-state index contributed by atoms with van der Waals surface area (Å²) >= 11 is 0. The highest BCUT2D eigenvalue weighted by Crippen LogP contribution is 2.41. The Hall–Kier alpha value is -3.56. The maximum absolute atomic E-state index is 14.7. The van der Waals surface area contributed by atoms with Crippen molar-refractivity contribution in [1.29, 1.82) is 0 Å². The summed E-state index contributed by atoms with van der Waals surface area (Å²) in [7, 11) is 1.40. The summed E-state index contributed by atoms with van der Waals surface area (Å²) in [6.45, 7) is -0.612. The van der Waals surface area contributed by atoms with E-state index in [0.29, 0.717) is 16.8 Å². The highest BCUT2D eigenvalue weighted by atomic mass is 19.1. The Morgan fingerprint density at radius 2 is 1.88 bits per heavy atom. The van der Waals surface area contributed by atoms with E-state index >= 15 is 0 Å². The van der Waals surface area contributed by atoms with Crippen molar-refractivity contribution in [3.8, 4) is 0 Å². The first kappa shape index (κ1) is 23.6. The predicted molar refractivity (Wildman–Crippen MR) is 120 cm³/mol. The number of benzene rings is 1. The molecule has 1 aliphatic heterocycles. The predicted octanol–water partition coefficient (Wildman–Crippen LogP) is 2.17. The van der Waals surface area contributed by atoms with E-state index in [9.17, 15) is 23.2 Å². The number of carbonyl (C=O) groups is 3. The van der Waals surface area contributed by atoms with E-state index in [2.05, 4.69) is 20.9 Å². The fourth-order valence-corrected chi connectivity index (χ4v) is 4.19.